The molecule has 0 saturated carbocycles. The second-order valence-corrected chi connectivity index (χ2v) is 7.49. The van der Waals surface area contributed by atoms with Crippen LogP contribution in [0.15, 0.2) is 0 Å². The number of ketones is 2. The Labute approximate surface area is 154 Å². The molecule has 1 fully saturated rings. The van der Waals surface area contributed by atoms with Crippen molar-refractivity contribution >= 4 is 11.6 Å². The minimum absolute atomic E-state index is 0.214. The van der Waals surface area contributed by atoms with E-state index in [0.717, 1.165) is 32.1 Å². The van der Waals surface area contributed by atoms with Gasteiger partial charge in [-0.1, -0.05) is 45.4 Å². The van der Waals surface area contributed by atoms with E-state index in [1.807, 2.05) is 6.92 Å². The summed E-state index contributed by atoms with van der Waals surface area (Å²) in [7, 11) is 0. The summed E-state index contributed by atoms with van der Waals surface area (Å²) in [5.41, 5.74) is 0. The monoisotopic (exact) mass is 354 g/mol. The molecule has 0 atom stereocenters. The summed E-state index contributed by atoms with van der Waals surface area (Å²) in [4.78, 5) is 23.7. The van der Waals surface area contributed by atoms with Gasteiger partial charge in [0.2, 0.25) is 0 Å². The van der Waals surface area contributed by atoms with Gasteiger partial charge in [-0.3, -0.25) is 9.59 Å². The predicted molar refractivity (Wildman–Crippen MR) is 101 cm³/mol. The molecule has 25 heavy (non-hydrogen) atoms. The average molecular weight is 355 g/mol. The van der Waals surface area contributed by atoms with E-state index in [1.54, 1.807) is 0 Å². The molecule has 1 aliphatic rings. The quantitative estimate of drug-likeness (QED) is 0.350. The second-order valence-electron chi connectivity index (χ2n) is 7.49. The molecular formula is C21H38O4. The molecule has 0 bridgehead atoms. The van der Waals surface area contributed by atoms with Gasteiger partial charge in [0.15, 0.2) is 5.79 Å². The number of ether oxygens (including phenoxy) is 2. The Bertz CT molecular complexity index is 372. The molecule has 1 aliphatic heterocycles. The zero-order chi connectivity index (χ0) is 18.4. The highest BCUT2D eigenvalue weighted by Gasteiger charge is 2.29. The number of Topliss-reactive ketones (excluding diaryl/α,β-unsaturated/α-hetero) is 2. The molecule has 0 aromatic carbocycles. The molecule has 0 aromatic rings. The Morgan fingerprint density at radius 1 is 0.720 bits per heavy atom. The van der Waals surface area contributed by atoms with E-state index in [0.29, 0.717) is 38.9 Å². The topological polar surface area (TPSA) is 52.6 Å². The maximum Gasteiger partial charge on any atom is 0.165 e. The summed E-state index contributed by atoms with van der Waals surface area (Å²) >= 11 is 0. The Kier molecular flexibility index (Phi) is 12.0. The van der Waals surface area contributed by atoms with Crippen molar-refractivity contribution in [3.05, 3.63) is 0 Å². The normalized spacial score (nSPS) is 16.2. The third-order valence-electron chi connectivity index (χ3n) is 4.98. The zero-order valence-corrected chi connectivity index (χ0v) is 16.4. The maximum absolute atomic E-state index is 11.9. The van der Waals surface area contributed by atoms with E-state index >= 15 is 0 Å². The minimum Gasteiger partial charge on any atom is -0.348 e. The largest absolute Gasteiger partial charge is 0.348 e. The molecule has 1 heterocycles. The summed E-state index contributed by atoms with van der Waals surface area (Å²) in [5.74, 6) is 0.0173. The lowest BCUT2D eigenvalue weighted by Crippen LogP contribution is -2.25. The number of hydrogen-bond acceptors (Lipinski definition) is 4. The average Bonchev–Trinajstić information content (AvgIpc) is 3.03. The zero-order valence-electron chi connectivity index (χ0n) is 16.4. The first-order valence-electron chi connectivity index (χ1n) is 10.4. The van der Waals surface area contributed by atoms with Gasteiger partial charge in [0.25, 0.3) is 0 Å². The van der Waals surface area contributed by atoms with Crippen LogP contribution < -0.4 is 0 Å². The molecule has 0 unspecified atom stereocenters. The van der Waals surface area contributed by atoms with Crippen LogP contribution in [0, 0.1) is 0 Å². The van der Waals surface area contributed by atoms with Crippen molar-refractivity contribution < 1.29 is 19.1 Å². The van der Waals surface area contributed by atoms with E-state index < -0.39 is 5.79 Å². The van der Waals surface area contributed by atoms with Gasteiger partial charge < -0.3 is 9.47 Å². The molecule has 146 valence electrons. The standard InChI is InChI=1S/C21H38O4/c1-3-4-5-6-7-8-9-12-19(22)14-15-20(23)13-10-11-16-21(2)24-17-18-25-21/h3-18H2,1-2H3. The second kappa shape index (κ2) is 13.5. The van der Waals surface area contributed by atoms with Crippen LogP contribution in [0.4, 0.5) is 0 Å². The van der Waals surface area contributed by atoms with Crippen molar-refractivity contribution in [2.75, 3.05) is 13.2 Å². The molecule has 0 N–H and O–H groups in total. The lowest BCUT2D eigenvalue weighted by Gasteiger charge is -2.21. The lowest BCUT2D eigenvalue weighted by molar-refractivity contribution is -0.147. The van der Waals surface area contributed by atoms with Crippen molar-refractivity contribution in [3.8, 4) is 0 Å². The maximum atomic E-state index is 11.9. The molecule has 1 rings (SSSR count). The van der Waals surface area contributed by atoms with Crippen LogP contribution in [-0.2, 0) is 19.1 Å². The molecule has 4 nitrogen and oxygen atoms in total. The highest BCUT2D eigenvalue weighted by Crippen LogP contribution is 2.25. The van der Waals surface area contributed by atoms with Gasteiger partial charge in [0.1, 0.15) is 11.6 Å². The summed E-state index contributed by atoms with van der Waals surface area (Å²) in [5, 5.41) is 0. The molecule has 0 radical (unpaired) electrons. The van der Waals surface area contributed by atoms with Crippen LogP contribution in [0.1, 0.15) is 104 Å². The van der Waals surface area contributed by atoms with Gasteiger partial charge in [0.05, 0.1) is 13.2 Å². The van der Waals surface area contributed by atoms with E-state index in [2.05, 4.69) is 6.92 Å². The van der Waals surface area contributed by atoms with Crippen LogP contribution in [-0.4, -0.2) is 30.6 Å². The Hall–Kier alpha value is -0.740. The summed E-state index contributed by atoms with van der Waals surface area (Å²) in [6.45, 7) is 5.51. The van der Waals surface area contributed by atoms with Crippen LogP contribution in [0.5, 0.6) is 0 Å². The van der Waals surface area contributed by atoms with Gasteiger partial charge in [-0.25, -0.2) is 0 Å². The van der Waals surface area contributed by atoms with E-state index in [4.69, 9.17) is 9.47 Å². The first kappa shape index (κ1) is 22.3. The third-order valence-corrected chi connectivity index (χ3v) is 4.98. The van der Waals surface area contributed by atoms with E-state index in [1.165, 1.54) is 32.1 Å². The Morgan fingerprint density at radius 2 is 1.20 bits per heavy atom. The van der Waals surface area contributed by atoms with Crippen LogP contribution in [0.25, 0.3) is 0 Å². The highest BCUT2D eigenvalue weighted by molar-refractivity contribution is 5.85. The van der Waals surface area contributed by atoms with Crippen molar-refractivity contribution in [1.82, 2.24) is 0 Å². The number of unbranched alkanes of at least 4 members (excludes halogenated alkanes) is 7. The molecule has 0 aromatic heterocycles. The fraction of sp³-hybridized carbons (Fsp3) is 0.905. The number of hydrogen-bond donors (Lipinski definition) is 0. The van der Waals surface area contributed by atoms with Crippen LogP contribution in [0.2, 0.25) is 0 Å². The molecule has 4 heteroatoms. The van der Waals surface area contributed by atoms with Crippen molar-refractivity contribution in [3.63, 3.8) is 0 Å². The van der Waals surface area contributed by atoms with Gasteiger partial charge in [-0.2, -0.15) is 0 Å². The SMILES string of the molecule is CCCCCCCCCC(=O)CCC(=O)CCCCC1(C)OCCO1. The van der Waals surface area contributed by atoms with Crippen LogP contribution >= 0.6 is 0 Å². The lowest BCUT2D eigenvalue weighted by atomic mass is 10.0. The van der Waals surface area contributed by atoms with Crippen molar-refractivity contribution in [2.45, 2.75) is 110 Å². The van der Waals surface area contributed by atoms with E-state index in [9.17, 15) is 9.59 Å². The number of carbonyl (C=O) groups excluding carboxylic acids is 2. The Morgan fingerprint density at radius 3 is 1.76 bits per heavy atom. The number of rotatable bonds is 16. The minimum atomic E-state index is -0.449. The molecule has 0 amide bonds. The predicted octanol–water partition coefficient (Wildman–Crippen LogP) is 5.37. The summed E-state index contributed by atoms with van der Waals surface area (Å²) in [6, 6.07) is 0. The highest BCUT2D eigenvalue weighted by atomic mass is 16.7. The van der Waals surface area contributed by atoms with Crippen molar-refractivity contribution in [1.29, 1.82) is 0 Å². The first-order chi connectivity index (χ1) is 12.1. The summed E-state index contributed by atoms with van der Waals surface area (Å²) < 4.78 is 11.1. The van der Waals surface area contributed by atoms with Gasteiger partial charge in [-0.05, 0) is 26.2 Å². The smallest absolute Gasteiger partial charge is 0.165 e. The third kappa shape index (κ3) is 11.5. The molecule has 0 aliphatic carbocycles. The van der Waals surface area contributed by atoms with Gasteiger partial charge in [0, 0.05) is 32.1 Å². The number of carbonyl (C=O) groups is 2. The fourth-order valence-corrected chi connectivity index (χ4v) is 3.28. The molecule has 0 spiro atoms. The Balaban J connectivity index is 1.92. The molecular weight excluding hydrogens is 316 g/mol. The fourth-order valence-electron chi connectivity index (χ4n) is 3.28. The van der Waals surface area contributed by atoms with E-state index in [-0.39, 0.29) is 11.6 Å². The van der Waals surface area contributed by atoms with Gasteiger partial charge >= 0.3 is 0 Å². The molecule has 1 saturated heterocycles. The summed E-state index contributed by atoms with van der Waals surface area (Å²) in [6.07, 6.45) is 13.2. The first-order valence-corrected chi connectivity index (χ1v) is 10.4. The van der Waals surface area contributed by atoms with Gasteiger partial charge in [-0.15, -0.1) is 0 Å². The van der Waals surface area contributed by atoms with Crippen LogP contribution in [0.3, 0.4) is 0 Å². The van der Waals surface area contributed by atoms with Crippen molar-refractivity contribution in [2.24, 2.45) is 0 Å².